The Morgan fingerprint density at radius 3 is 2.55 bits per heavy atom. The monoisotopic (exact) mass is 312 g/mol. The zero-order valence-corrected chi connectivity index (χ0v) is 13.9. The lowest BCUT2D eigenvalue weighted by molar-refractivity contribution is -0.210. The number of nitrogens with zero attached hydrogens (tertiary/aromatic N) is 1. The van der Waals surface area contributed by atoms with E-state index in [1.807, 2.05) is 11.8 Å². The van der Waals surface area contributed by atoms with Gasteiger partial charge < -0.3 is 20.5 Å². The van der Waals surface area contributed by atoms with Crippen LogP contribution in [0.1, 0.15) is 58.3 Å². The van der Waals surface area contributed by atoms with Crippen molar-refractivity contribution < 1.29 is 14.6 Å². The maximum Gasteiger partial charge on any atom is 0.222 e. The number of likely N-dealkylation sites (tertiary alicyclic amines) is 1. The second-order valence-corrected chi connectivity index (χ2v) is 6.76. The van der Waals surface area contributed by atoms with Gasteiger partial charge >= 0.3 is 0 Å². The molecule has 1 amide bonds. The molecule has 2 aliphatic rings. The first-order valence-electron chi connectivity index (χ1n) is 8.91. The number of hydrogen-bond acceptors (Lipinski definition) is 4. The average Bonchev–Trinajstić information content (AvgIpc) is 2.54. The number of ether oxygens (including phenoxy) is 1. The van der Waals surface area contributed by atoms with E-state index in [9.17, 15) is 9.90 Å². The fourth-order valence-electron chi connectivity index (χ4n) is 3.92. The number of piperidine rings is 1. The molecule has 1 saturated carbocycles. The molecule has 0 aromatic rings. The van der Waals surface area contributed by atoms with Crippen molar-refractivity contribution in [3.8, 4) is 0 Å². The molecule has 0 aromatic heterocycles. The van der Waals surface area contributed by atoms with Crippen LogP contribution in [0, 0.1) is 5.41 Å². The van der Waals surface area contributed by atoms with Crippen molar-refractivity contribution in [3.05, 3.63) is 0 Å². The van der Waals surface area contributed by atoms with Crippen molar-refractivity contribution in [2.45, 2.75) is 70.5 Å². The van der Waals surface area contributed by atoms with E-state index < -0.39 is 0 Å². The van der Waals surface area contributed by atoms with E-state index in [-0.39, 0.29) is 23.5 Å². The number of rotatable bonds is 8. The number of carbonyl (C=O) groups excluding carboxylic acids is 1. The van der Waals surface area contributed by atoms with Crippen LogP contribution in [0.25, 0.3) is 0 Å². The number of carbonyl (C=O) groups is 1. The highest BCUT2D eigenvalue weighted by Crippen LogP contribution is 2.50. The number of amides is 1. The molecule has 1 spiro atoms. The molecule has 2 rings (SSSR count). The van der Waals surface area contributed by atoms with Crippen molar-refractivity contribution in [2.24, 2.45) is 11.1 Å². The Balaban J connectivity index is 1.71. The molecule has 0 aromatic carbocycles. The first kappa shape index (κ1) is 17.7. The maximum absolute atomic E-state index is 12.2. The summed E-state index contributed by atoms with van der Waals surface area (Å²) in [5, 5.41) is 10.2. The topological polar surface area (TPSA) is 75.8 Å². The molecule has 5 nitrogen and oxygen atoms in total. The summed E-state index contributed by atoms with van der Waals surface area (Å²) in [6.45, 7) is 4.97. The first-order valence-corrected chi connectivity index (χ1v) is 8.91. The quantitative estimate of drug-likeness (QED) is 0.669. The van der Waals surface area contributed by atoms with Crippen LogP contribution in [-0.4, -0.2) is 54.4 Å². The van der Waals surface area contributed by atoms with E-state index in [2.05, 4.69) is 0 Å². The molecule has 2 fully saturated rings. The Labute approximate surface area is 134 Å². The molecule has 1 aliphatic carbocycles. The molecule has 3 N–H and O–H groups in total. The van der Waals surface area contributed by atoms with E-state index in [0.29, 0.717) is 13.0 Å². The zero-order chi connectivity index (χ0) is 16.0. The number of nitrogens with two attached hydrogens (primary N) is 1. The van der Waals surface area contributed by atoms with E-state index in [1.165, 1.54) is 0 Å². The van der Waals surface area contributed by atoms with Crippen LogP contribution in [0.2, 0.25) is 0 Å². The van der Waals surface area contributed by atoms with Gasteiger partial charge in [-0.3, -0.25) is 4.79 Å². The molecular weight excluding hydrogens is 280 g/mol. The Morgan fingerprint density at radius 2 is 1.95 bits per heavy atom. The normalized spacial score (nSPS) is 27.0. The van der Waals surface area contributed by atoms with Gasteiger partial charge in [-0.25, -0.2) is 0 Å². The predicted octanol–water partition coefficient (Wildman–Crippen LogP) is 1.67. The molecule has 0 radical (unpaired) electrons. The molecule has 1 saturated heterocycles. The highest BCUT2D eigenvalue weighted by Gasteiger charge is 2.56. The van der Waals surface area contributed by atoms with Crippen LogP contribution < -0.4 is 5.73 Å². The van der Waals surface area contributed by atoms with Crippen molar-refractivity contribution in [3.63, 3.8) is 0 Å². The maximum atomic E-state index is 12.2. The Bertz CT molecular complexity index is 352. The molecule has 1 aliphatic heterocycles. The minimum absolute atomic E-state index is 0.0894. The smallest absolute Gasteiger partial charge is 0.222 e. The SMILES string of the molecule is CCOC1CC(O)C12CCN(C(=O)CCCCCCN)CC2. The Morgan fingerprint density at radius 1 is 1.27 bits per heavy atom. The molecule has 0 bridgehead atoms. The van der Waals surface area contributed by atoms with E-state index in [1.54, 1.807) is 0 Å². The van der Waals surface area contributed by atoms with Gasteiger partial charge in [-0.1, -0.05) is 12.8 Å². The standard InChI is InChI=1S/C17H32N2O3/c1-2-22-15-13-14(20)17(15)8-11-19(12-9-17)16(21)7-5-3-4-6-10-18/h14-15,20H,2-13,18H2,1H3. The van der Waals surface area contributed by atoms with Crippen molar-refractivity contribution in [2.75, 3.05) is 26.2 Å². The summed E-state index contributed by atoms with van der Waals surface area (Å²) in [6.07, 6.45) is 7.30. The summed E-state index contributed by atoms with van der Waals surface area (Å²) >= 11 is 0. The van der Waals surface area contributed by atoms with Crippen LogP contribution in [0.3, 0.4) is 0 Å². The van der Waals surface area contributed by atoms with Gasteiger partial charge in [-0.15, -0.1) is 0 Å². The van der Waals surface area contributed by atoms with Gasteiger partial charge in [0.2, 0.25) is 5.91 Å². The summed E-state index contributed by atoms with van der Waals surface area (Å²) in [5.41, 5.74) is 5.38. The highest BCUT2D eigenvalue weighted by molar-refractivity contribution is 5.76. The molecule has 2 atom stereocenters. The van der Waals surface area contributed by atoms with Crippen LogP contribution in [0.5, 0.6) is 0 Å². The minimum Gasteiger partial charge on any atom is -0.392 e. The van der Waals surface area contributed by atoms with Gasteiger partial charge in [0.15, 0.2) is 0 Å². The molecular formula is C17H32N2O3. The Kier molecular flexibility index (Phi) is 6.66. The summed E-state index contributed by atoms with van der Waals surface area (Å²) in [6, 6.07) is 0. The van der Waals surface area contributed by atoms with Crippen molar-refractivity contribution in [1.29, 1.82) is 0 Å². The molecule has 22 heavy (non-hydrogen) atoms. The van der Waals surface area contributed by atoms with Gasteiger partial charge in [0.05, 0.1) is 12.2 Å². The number of aliphatic hydroxyl groups excluding tert-OH is 1. The lowest BCUT2D eigenvalue weighted by Gasteiger charge is -2.56. The van der Waals surface area contributed by atoms with E-state index >= 15 is 0 Å². The van der Waals surface area contributed by atoms with Crippen LogP contribution in [0.15, 0.2) is 0 Å². The van der Waals surface area contributed by atoms with E-state index in [4.69, 9.17) is 10.5 Å². The van der Waals surface area contributed by atoms with E-state index in [0.717, 1.165) is 64.6 Å². The molecule has 2 unspecified atom stereocenters. The van der Waals surface area contributed by atoms with Gasteiger partial charge in [0, 0.05) is 38.0 Å². The predicted molar refractivity (Wildman–Crippen MR) is 86.4 cm³/mol. The lowest BCUT2D eigenvalue weighted by Crippen LogP contribution is -2.62. The molecule has 128 valence electrons. The summed E-state index contributed by atoms with van der Waals surface area (Å²) < 4.78 is 5.77. The van der Waals surface area contributed by atoms with Crippen LogP contribution in [-0.2, 0) is 9.53 Å². The third-order valence-electron chi connectivity index (χ3n) is 5.50. The van der Waals surface area contributed by atoms with Crippen LogP contribution in [0.4, 0.5) is 0 Å². The Hall–Kier alpha value is -0.650. The summed E-state index contributed by atoms with van der Waals surface area (Å²) in [5.74, 6) is 0.268. The number of unbranched alkanes of at least 4 members (excludes halogenated alkanes) is 3. The van der Waals surface area contributed by atoms with Gasteiger partial charge in [0.1, 0.15) is 0 Å². The highest BCUT2D eigenvalue weighted by atomic mass is 16.5. The fraction of sp³-hybridized carbons (Fsp3) is 0.941. The number of hydrogen-bond donors (Lipinski definition) is 2. The summed E-state index contributed by atoms with van der Waals surface area (Å²) in [4.78, 5) is 14.2. The molecule has 1 heterocycles. The van der Waals surface area contributed by atoms with Gasteiger partial charge in [-0.2, -0.15) is 0 Å². The third kappa shape index (κ3) is 3.81. The average molecular weight is 312 g/mol. The van der Waals surface area contributed by atoms with Crippen LogP contribution >= 0.6 is 0 Å². The lowest BCUT2D eigenvalue weighted by atomic mass is 9.58. The van der Waals surface area contributed by atoms with Gasteiger partial charge in [0.25, 0.3) is 0 Å². The number of aliphatic hydroxyl groups is 1. The molecule has 5 heteroatoms. The third-order valence-corrected chi connectivity index (χ3v) is 5.50. The minimum atomic E-state index is -0.252. The zero-order valence-electron chi connectivity index (χ0n) is 13.9. The van der Waals surface area contributed by atoms with Crippen molar-refractivity contribution >= 4 is 5.91 Å². The second-order valence-electron chi connectivity index (χ2n) is 6.76. The second kappa shape index (κ2) is 8.27. The van der Waals surface area contributed by atoms with Gasteiger partial charge in [-0.05, 0) is 39.2 Å². The summed E-state index contributed by atoms with van der Waals surface area (Å²) in [7, 11) is 0. The fourth-order valence-corrected chi connectivity index (χ4v) is 3.92. The first-order chi connectivity index (χ1) is 10.6. The largest absolute Gasteiger partial charge is 0.392 e. The van der Waals surface area contributed by atoms with Crippen molar-refractivity contribution in [1.82, 2.24) is 4.90 Å².